The molecule has 1 N–H and O–H groups in total. The molecule has 2 heterocycles. The number of benzene rings is 3. The number of anilines is 1. The molecule has 12 heteroatoms. The van der Waals surface area contributed by atoms with Crippen molar-refractivity contribution < 1.29 is 28.9 Å². The summed E-state index contributed by atoms with van der Waals surface area (Å²) in [6, 6.07) is 18.6. The van der Waals surface area contributed by atoms with Crippen molar-refractivity contribution in [1.82, 2.24) is 10.2 Å². The molecule has 1 amide bonds. The number of hydrogen-bond donors (Lipinski definition) is 1. The van der Waals surface area contributed by atoms with Crippen molar-refractivity contribution in [1.29, 1.82) is 0 Å². The molecule has 1 aliphatic rings. The number of carbonyl (C=O) groups excluding carboxylic acids is 2. The lowest BCUT2D eigenvalue weighted by molar-refractivity contribution is -0.132. The van der Waals surface area contributed by atoms with Gasteiger partial charge in [0.2, 0.25) is 5.13 Å². The number of ketones is 1. The number of carbonyl (C=O) groups is 2. The van der Waals surface area contributed by atoms with Crippen LogP contribution in [-0.4, -0.2) is 47.3 Å². The average Bonchev–Trinajstić information content (AvgIpc) is 3.69. The minimum absolute atomic E-state index is 0.0643. The number of amides is 1. The van der Waals surface area contributed by atoms with Gasteiger partial charge in [-0.05, 0) is 72.5 Å². The van der Waals surface area contributed by atoms with Gasteiger partial charge >= 0.3 is 5.91 Å². The number of aliphatic hydroxyl groups is 1. The molecule has 1 saturated heterocycles. The molecule has 0 bridgehead atoms. The summed E-state index contributed by atoms with van der Waals surface area (Å²) >= 11 is 8.69. The first-order valence-corrected chi connectivity index (χ1v) is 18.6. The summed E-state index contributed by atoms with van der Waals surface area (Å²) in [5.74, 6) is 0.318. The van der Waals surface area contributed by atoms with E-state index in [2.05, 4.69) is 24.0 Å². The molecule has 1 atom stereocenters. The fourth-order valence-corrected chi connectivity index (χ4v) is 7.26. The van der Waals surface area contributed by atoms with Gasteiger partial charge in [-0.25, -0.2) is 0 Å². The summed E-state index contributed by atoms with van der Waals surface area (Å²) in [6.07, 6.45) is 6.18. The smallest absolute Gasteiger partial charge is 0.301 e. The molecule has 1 aliphatic heterocycles. The molecule has 1 fully saturated rings. The van der Waals surface area contributed by atoms with E-state index in [0.29, 0.717) is 56.7 Å². The van der Waals surface area contributed by atoms with E-state index in [0.717, 1.165) is 44.1 Å². The summed E-state index contributed by atoms with van der Waals surface area (Å²) in [7, 11) is 1.54. The van der Waals surface area contributed by atoms with Crippen molar-refractivity contribution in [3.63, 3.8) is 0 Å². The minimum atomic E-state index is -1.00. The zero-order chi connectivity index (χ0) is 34.8. The van der Waals surface area contributed by atoms with Crippen molar-refractivity contribution in [3.8, 4) is 17.2 Å². The summed E-state index contributed by atoms with van der Waals surface area (Å²) in [5.41, 5.74) is 1.90. The van der Waals surface area contributed by atoms with E-state index in [1.54, 1.807) is 49.6 Å². The van der Waals surface area contributed by atoms with Gasteiger partial charge in [-0.2, -0.15) is 0 Å². The Bertz CT molecular complexity index is 1760. The second kappa shape index (κ2) is 17.6. The lowest BCUT2D eigenvalue weighted by Crippen LogP contribution is -2.29. The molecule has 0 aliphatic carbocycles. The van der Waals surface area contributed by atoms with Gasteiger partial charge < -0.3 is 19.3 Å². The Balaban J connectivity index is 1.49. The number of halogens is 1. The van der Waals surface area contributed by atoms with Gasteiger partial charge in [0.15, 0.2) is 15.8 Å². The zero-order valence-corrected chi connectivity index (χ0v) is 30.2. The predicted molar refractivity (Wildman–Crippen MR) is 195 cm³/mol. The summed E-state index contributed by atoms with van der Waals surface area (Å²) in [4.78, 5) is 28.9. The maximum Gasteiger partial charge on any atom is 0.301 e. The van der Waals surface area contributed by atoms with Crippen LogP contribution in [0.15, 0.2) is 76.6 Å². The molecule has 258 valence electrons. The summed E-state index contributed by atoms with van der Waals surface area (Å²) < 4.78 is 18.1. The molecule has 0 saturated carbocycles. The number of methoxy groups -OCH3 is 1. The summed E-state index contributed by atoms with van der Waals surface area (Å²) in [5, 5.41) is 21.2. The fourth-order valence-electron chi connectivity index (χ4n) is 5.31. The van der Waals surface area contributed by atoms with Crippen LogP contribution in [0.5, 0.6) is 17.2 Å². The largest absolute Gasteiger partial charge is 0.507 e. The normalized spacial score (nSPS) is 15.5. The number of aliphatic hydroxyl groups excluding tert-OH is 1. The highest BCUT2D eigenvalue weighted by atomic mass is 35.5. The molecule has 5 rings (SSSR count). The third-order valence-electron chi connectivity index (χ3n) is 7.98. The van der Waals surface area contributed by atoms with Crippen LogP contribution >= 0.6 is 34.7 Å². The number of thioether (sulfide) groups is 1. The Hall–Kier alpha value is -4.06. The molecule has 0 unspecified atom stereocenters. The van der Waals surface area contributed by atoms with E-state index >= 15 is 0 Å². The molecule has 0 spiro atoms. The second-order valence-corrected chi connectivity index (χ2v) is 14.1. The number of nitrogens with zero attached hydrogens (tertiary/aromatic N) is 3. The Labute approximate surface area is 300 Å². The van der Waals surface area contributed by atoms with E-state index in [9.17, 15) is 14.7 Å². The van der Waals surface area contributed by atoms with Gasteiger partial charge in [-0.15, -0.1) is 10.2 Å². The van der Waals surface area contributed by atoms with Crippen molar-refractivity contribution in [3.05, 3.63) is 94.0 Å². The van der Waals surface area contributed by atoms with Crippen molar-refractivity contribution >= 4 is 57.3 Å². The molecular formula is C37H40ClN3O6S2. The van der Waals surface area contributed by atoms with Crippen LogP contribution in [0, 0.1) is 0 Å². The molecule has 9 nitrogen and oxygen atoms in total. The fraction of sp³-hybridized carbons (Fsp3) is 0.351. The van der Waals surface area contributed by atoms with E-state index in [4.69, 9.17) is 25.8 Å². The number of rotatable bonds is 17. The van der Waals surface area contributed by atoms with Gasteiger partial charge in [0.05, 0.1) is 31.9 Å². The number of aromatic nitrogens is 2. The Morgan fingerprint density at radius 3 is 2.35 bits per heavy atom. The van der Waals surface area contributed by atoms with E-state index in [-0.39, 0.29) is 16.5 Å². The molecule has 3 aromatic carbocycles. The van der Waals surface area contributed by atoms with Crippen LogP contribution < -0.4 is 19.1 Å². The van der Waals surface area contributed by atoms with E-state index in [1.165, 1.54) is 28.0 Å². The minimum Gasteiger partial charge on any atom is -0.507 e. The highest BCUT2D eigenvalue weighted by molar-refractivity contribution is 8.00. The molecule has 49 heavy (non-hydrogen) atoms. The lowest BCUT2D eigenvalue weighted by Gasteiger charge is -2.23. The highest BCUT2D eigenvalue weighted by Crippen LogP contribution is 2.45. The maximum absolute atomic E-state index is 13.8. The van der Waals surface area contributed by atoms with Gasteiger partial charge in [0, 0.05) is 16.3 Å². The topological polar surface area (TPSA) is 111 Å². The van der Waals surface area contributed by atoms with Gasteiger partial charge in [0.1, 0.15) is 11.5 Å². The number of Topliss-reactive ketones (excluding diaryl/α,β-unsaturated/α-hetero) is 1. The predicted octanol–water partition coefficient (Wildman–Crippen LogP) is 9.26. The standard InChI is InChI=1S/C37H40ClN3O6S2/c1-4-6-8-9-21-47-29-19-14-26(22-30(29)45-3)32-31(33(42)25-12-17-28(18-13-25)46-20-7-5-2)34(43)35(44)41(32)36-39-40-37(49-36)48-23-24-10-15-27(38)16-11-24/h10-19,22,32,42H,4-9,20-21,23H2,1-3H3/t32-/m1/s1. The van der Waals surface area contributed by atoms with Crippen LogP contribution in [-0.2, 0) is 15.3 Å². The van der Waals surface area contributed by atoms with Crippen LogP contribution in [0.3, 0.4) is 0 Å². The van der Waals surface area contributed by atoms with Crippen LogP contribution in [0.4, 0.5) is 5.13 Å². The lowest BCUT2D eigenvalue weighted by atomic mass is 9.95. The quantitative estimate of drug-likeness (QED) is 0.0285. The molecule has 4 aromatic rings. The number of unbranched alkanes of at least 4 members (excludes halogenated alkanes) is 4. The van der Waals surface area contributed by atoms with Gasteiger partial charge in [-0.1, -0.05) is 92.4 Å². The van der Waals surface area contributed by atoms with Crippen LogP contribution in [0.25, 0.3) is 5.76 Å². The first-order chi connectivity index (χ1) is 23.8. The molecule has 1 aromatic heterocycles. The molecular weight excluding hydrogens is 682 g/mol. The zero-order valence-electron chi connectivity index (χ0n) is 27.8. The van der Waals surface area contributed by atoms with Crippen LogP contribution in [0.2, 0.25) is 5.02 Å². The monoisotopic (exact) mass is 721 g/mol. The number of ether oxygens (including phenoxy) is 3. The van der Waals surface area contributed by atoms with Crippen molar-refractivity contribution in [2.75, 3.05) is 25.2 Å². The van der Waals surface area contributed by atoms with Crippen molar-refractivity contribution in [2.45, 2.75) is 68.5 Å². The van der Waals surface area contributed by atoms with Crippen molar-refractivity contribution in [2.24, 2.45) is 0 Å². The average molecular weight is 722 g/mol. The first-order valence-electron chi connectivity index (χ1n) is 16.4. The highest BCUT2D eigenvalue weighted by Gasteiger charge is 2.48. The third-order valence-corrected chi connectivity index (χ3v) is 10.4. The maximum atomic E-state index is 13.8. The third kappa shape index (κ3) is 8.95. The first kappa shape index (κ1) is 36.2. The Morgan fingerprint density at radius 1 is 0.898 bits per heavy atom. The van der Waals surface area contributed by atoms with E-state index in [1.807, 2.05) is 24.3 Å². The molecule has 0 radical (unpaired) electrons. The number of hydrogen-bond acceptors (Lipinski definition) is 10. The van der Waals surface area contributed by atoms with E-state index < -0.39 is 17.7 Å². The van der Waals surface area contributed by atoms with Gasteiger partial charge in [-0.3, -0.25) is 14.5 Å². The van der Waals surface area contributed by atoms with Gasteiger partial charge in [0.25, 0.3) is 5.78 Å². The second-order valence-electron chi connectivity index (χ2n) is 11.5. The Kier molecular flexibility index (Phi) is 13.0. The summed E-state index contributed by atoms with van der Waals surface area (Å²) in [6.45, 7) is 5.36. The SMILES string of the molecule is CCCCCCOc1ccc([C@@H]2C(=C(O)c3ccc(OCCCC)cc3)C(=O)C(=O)N2c2nnc(SCc3ccc(Cl)cc3)s2)cc1OC. The van der Waals surface area contributed by atoms with Crippen LogP contribution in [0.1, 0.15) is 75.1 Å². The Morgan fingerprint density at radius 2 is 1.63 bits per heavy atom.